The van der Waals surface area contributed by atoms with E-state index in [4.69, 9.17) is 21.1 Å². The van der Waals surface area contributed by atoms with Crippen LogP contribution in [0, 0.1) is 0 Å². The number of nitrogens with one attached hydrogen (secondary N) is 1. The molecule has 0 fully saturated rings. The van der Waals surface area contributed by atoms with Gasteiger partial charge in [0.15, 0.2) is 11.5 Å². The number of methoxy groups -OCH3 is 2. The number of halogens is 1. The molecule has 1 aromatic heterocycles. The maximum Gasteiger partial charge on any atom is 0.162 e. The molecule has 1 N–H and O–H groups in total. The van der Waals surface area contributed by atoms with Gasteiger partial charge in [0.25, 0.3) is 0 Å². The maximum absolute atomic E-state index is 6.23. The monoisotopic (exact) mass is 298 g/mol. The van der Waals surface area contributed by atoms with Gasteiger partial charge in [0.1, 0.15) is 0 Å². The fourth-order valence-corrected chi connectivity index (χ4v) is 2.56. The molecule has 4 nitrogen and oxygen atoms in total. The van der Waals surface area contributed by atoms with Gasteiger partial charge in [-0.3, -0.25) is 0 Å². The van der Waals surface area contributed by atoms with Crippen LogP contribution in [-0.4, -0.2) is 19.2 Å². The molecule has 19 heavy (non-hydrogen) atoms. The van der Waals surface area contributed by atoms with Crippen LogP contribution in [0.25, 0.3) is 0 Å². The fourth-order valence-electron chi connectivity index (χ4n) is 1.71. The zero-order chi connectivity index (χ0) is 13.8. The van der Waals surface area contributed by atoms with Crippen LogP contribution >= 0.6 is 22.9 Å². The zero-order valence-corrected chi connectivity index (χ0v) is 12.5. The number of benzene rings is 1. The third-order valence-electron chi connectivity index (χ3n) is 2.74. The van der Waals surface area contributed by atoms with Crippen LogP contribution in [-0.2, 0) is 0 Å². The summed E-state index contributed by atoms with van der Waals surface area (Å²) < 4.78 is 10.5. The minimum absolute atomic E-state index is 0.0712. The normalized spacial score (nSPS) is 12.0. The van der Waals surface area contributed by atoms with E-state index in [1.165, 1.54) is 0 Å². The van der Waals surface area contributed by atoms with Gasteiger partial charge in [-0.05, 0) is 6.92 Å². The molecule has 0 amide bonds. The lowest BCUT2D eigenvalue weighted by molar-refractivity contribution is 0.355. The number of nitrogens with zero attached hydrogens (tertiary/aromatic N) is 1. The van der Waals surface area contributed by atoms with Gasteiger partial charge in [-0.25, -0.2) is 4.98 Å². The Bertz CT molecular complexity index is 546. The lowest BCUT2D eigenvalue weighted by atomic mass is 10.2. The average molecular weight is 299 g/mol. The van der Waals surface area contributed by atoms with Crippen LogP contribution in [0.1, 0.15) is 18.7 Å². The average Bonchev–Trinajstić information content (AvgIpc) is 2.94. The van der Waals surface area contributed by atoms with Gasteiger partial charge >= 0.3 is 0 Å². The summed E-state index contributed by atoms with van der Waals surface area (Å²) in [5, 5.41) is 5.90. The van der Waals surface area contributed by atoms with Crippen LogP contribution in [0.2, 0.25) is 5.02 Å². The predicted molar refractivity (Wildman–Crippen MR) is 78.7 cm³/mol. The molecule has 1 aromatic carbocycles. The first kappa shape index (κ1) is 14.0. The van der Waals surface area contributed by atoms with Crippen molar-refractivity contribution in [1.29, 1.82) is 0 Å². The molecule has 1 unspecified atom stereocenters. The summed E-state index contributed by atoms with van der Waals surface area (Å²) in [6.45, 7) is 2.03. The Morgan fingerprint density at radius 1 is 1.26 bits per heavy atom. The summed E-state index contributed by atoms with van der Waals surface area (Å²) in [7, 11) is 3.18. The zero-order valence-electron chi connectivity index (χ0n) is 10.9. The van der Waals surface area contributed by atoms with E-state index in [2.05, 4.69) is 10.3 Å². The van der Waals surface area contributed by atoms with Crippen molar-refractivity contribution in [2.75, 3.05) is 19.5 Å². The van der Waals surface area contributed by atoms with E-state index in [1.807, 2.05) is 23.9 Å². The molecular formula is C13H15ClN2O2S. The Morgan fingerprint density at radius 2 is 1.95 bits per heavy atom. The van der Waals surface area contributed by atoms with E-state index in [-0.39, 0.29) is 6.04 Å². The SMILES string of the molecule is COc1cc(Cl)c(NC(C)c2cscn2)cc1OC. The summed E-state index contributed by atoms with van der Waals surface area (Å²) in [5.41, 5.74) is 3.58. The van der Waals surface area contributed by atoms with Gasteiger partial charge in [-0.15, -0.1) is 11.3 Å². The number of anilines is 1. The van der Waals surface area contributed by atoms with Gasteiger partial charge in [0.05, 0.1) is 42.2 Å². The second kappa shape index (κ2) is 6.12. The number of ether oxygens (including phenoxy) is 2. The highest BCUT2D eigenvalue weighted by Crippen LogP contribution is 2.37. The number of hydrogen-bond donors (Lipinski definition) is 1. The van der Waals surface area contributed by atoms with Crippen molar-refractivity contribution in [1.82, 2.24) is 4.98 Å². The summed E-state index contributed by atoms with van der Waals surface area (Å²) in [6.07, 6.45) is 0. The molecule has 0 radical (unpaired) electrons. The Morgan fingerprint density at radius 3 is 2.53 bits per heavy atom. The molecule has 6 heteroatoms. The molecule has 102 valence electrons. The van der Waals surface area contributed by atoms with Gasteiger partial charge in [0, 0.05) is 17.5 Å². The summed E-state index contributed by atoms with van der Waals surface area (Å²) >= 11 is 7.79. The second-order valence-corrected chi connectivity index (χ2v) is 5.09. The van der Waals surface area contributed by atoms with Crippen molar-refractivity contribution in [3.05, 3.63) is 33.7 Å². The molecule has 0 saturated carbocycles. The molecule has 0 aliphatic heterocycles. The van der Waals surface area contributed by atoms with E-state index < -0.39 is 0 Å². The number of hydrogen-bond acceptors (Lipinski definition) is 5. The van der Waals surface area contributed by atoms with Gasteiger partial charge in [-0.1, -0.05) is 11.6 Å². The van der Waals surface area contributed by atoms with E-state index in [0.717, 1.165) is 11.4 Å². The molecule has 0 bridgehead atoms. The first-order valence-electron chi connectivity index (χ1n) is 5.72. The molecule has 1 heterocycles. The van der Waals surface area contributed by atoms with Crippen LogP contribution in [0.5, 0.6) is 11.5 Å². The lowest BCUT2D eigenvalue weighted by Gasteiger charge is -2.17. The van der Waals surface area contributed by atoms with Gasteiger partial charge in [0.2, 0.25) is 0 Å². The van der Waals surface area contributed by atoms with E-state index in [9.17, 15) is 0 Å². The van der Waals surface area contributed by atoms with Gasteiger partial charge in [-0.2, -0.15) is 0 Å². The molecular weight excluding hydrogens is 284 g/mol. The Kier molecular flexibility index (Phi) is 4.50. The molecule has 0 saturated heterocycles. The quantitative estimate of drug-likeness (QED) is 0.906. The summed E-state index contributed by atoms with van der Waals surface area (Å²) in [4.78, 5) is 4.28. The van der Waals surface area contributed by atoms with Crippen molar-refractivity contribution in [3.63, 3.8) is 0 Å². The first-order valence-corrected chi connectivity index (χ1v) is 7.04. The second-order valence-electron chi connectivity index (χ2n) is 3.97. The molecule has 2 rings (SSSR count). The van der Waals surface area contributed by atoms with Crippen LogP contribution in [0.4, 0.5) is 5.69 Å². The standard InChI is InChI=1S/C13H15ClN2O2S/c1-8(11-6-19-7-15-11)16-10-5-13(18-3)12(17-2)4-9(10)14/h4-8,16H,1-3H3. The molecule has 0 aliphatic rings. The maximum atomic E-state index is 6.23. The van der Waals surface area contributed by atoms with Gasteiger partial charge < -0.3 is 14.8 Å². The highest BCUT2D eigenvalue weighted by molar-refractivity contribution is 7.07. The Balaban J connectivity index is 2.25. The highest BCUT2D eigenvalue weighted by atomic mass is 35.5. The molecule has 0 spiro atoms. The molecule has 1 atom stereocenters. The van der Waals surface area contributed by atoms with Crippen molar-refractivity contribution >= 4 is 28.6 Å². The number of rotatable bonds is 5. The van der Waals surface area contributed by atoms with E-state index in [0.29, 0.717) is 16.5 Å². The first-order chi connectivity index (χ1) is 9.15. The summed E-state index contributed by atoms with van der Waals surface area (Å²) in [5.74, 6) is 1.25. The lowest BCUT2D eigenvalue weighted by Crippen LogP contribution is -2.07. The minimum atomic E-state index is 0.0712. The Hall–Kier alpha value is -1.46. The van der Waals surface area contributed by atoms with Crippen LogP contribution < -0.4 is 14.8 Å². The largest absolute Gasteiger partial charge is 0.493 e. The topological polar surface area (TPSA) is 43.4 Å². The summed E-state index contributed by atoms with van der Waals surface area (Å²) in [6, 6.07) is 3.63. The predicted octanol–water partition coefficient (Wildman–Crippen LogP) is 3.99. The number of aromatic nitrogens is 1. The van der Waals surface area contributed by atoms with Crippen molar-refractivity contribution in [2.45, 2.75) is 13.0 Å². The highest BCUT2D eigenvalue weighted by Gasteiger charge is 2.13. The molecule has 2 aromatic rings. The van der Waals surface area contributed by atoms with Crippen molar-refractivity contribution in [2.24, 2.45) is 0 Å². The van der Waals surface area contributed by atoms with Crippen LogP contribution in [0.3, 0.4) is 0 Å². The van der Waals surface area contributed by atoms with Crippen molar-refractivity contribution < 1.29 is 9.47 Å². The molecule has 0 aliphatic carbocycles. The van der Waals surface area contributed by atoms with Crippen molar-refractivity contribution in [3.8, 4) is 11.5 Å². The van der Waals surface area contributed by atoms with E-state index >= 15 is 0 Å². The fraction of sp³-hybridized carbons (Fsp3) is 0.308. The third-order valence-corrected chi connectivity index (χ3v) is 3.66. The van der Waals surface area contributed by atoms with E-state index in [1.54, 1.807) is 31.6 Å². The minimum Gasteiger partial charge on any atom is -0.493 e. The Labute approximate surface area is 121 Å². The van der Waals surface area contributed by atoms with Crippen LogP contribution in [0.15, 0.2) is 23.0 Å². The smallest absolute Gasteiger partial charge is 0.162 e. The third kappa shape index (κ3) is 3.11. The number of thiazole rings is 1.